The van der Waals surface area contributed by atoms with E-state index in [-0.39, 0.29) is 22.1 Å². The minimum absolute atomic E-state index is 0.00504. The van der Waals surface area contributed by atoms with Crippen molar-refractivity contribution in [3.63, 3.8) is 0 Å². The van der Waals surface area contributed by atoms with E-state index in [0.29, 0.717) is 0 Å². The Morgan fingerprint density at radius 2 is 1.56 bits per heavy atom. The molecular formula is C25H43ClN2O3S. The zero-order valence-corrected chi connectivity index (χ0v) is 21.8. The van der Waals surface area contributed by atoms with Gasteiger partial charge in [0, 0.05) is 19.7 Å². The summed E-state index contributed by atoms with van der Waals surface area (Å²) in [6.07, 6.45) is 12.5. The van der Waals surface area contributed by atoms with Gasteiger partial charge in [-0.15, -0.1) is 0 Å². The molecule has 0 spiro atoms. The zero-order valence-electron chi connectivity index (χ0n) is 20.3. The third kappa shape index (κ3) is 8.94. The number of ether oxygens (including phenoxy) is 1. The van der Waals surface area contributed by atoms with Gasteiger partial charge in [0.2, 0.25) is 10.0 Å². The van der Waals surface area contributed by atoms with E-state index in [1.165, 1.54) is 55.9 Å². The van der Waals surface area contributed by atoms with Gasteiger partial charge in [0.1, 0.15) is 4.90 Å². The normalized spacial score (nSPS) is 19.7. The molecule has 1 aromatic rings. The van der Waals surface area contributed by atoms with Gasteiger partial charge in [0.15, 0.2) is 0 Å². The molecule has 0 aliphatic heterocycles. The minimum atomic E-state index is -3.57. The summed E-state index contributed by atoms with van der Waals surface area (Å²) in [4.78, 5) is 2.64. The Morgan fingerprint density at radius 3 is 2.22 bits per heavy atom. The molecule has 2 rings (SSSR count). The van der Waals surface area contributed by atoms with Crippen molar-refractivity contribution in [1.82, 2.24) is 9.21 Å². The van der Waals surface area contributed by atoms with Crippen LogP contribution in [0.15, 0.2) is 29.2 Å². The maximum Gasteiger partial charge on any atom is 0.244 e. The van der Waals surface area contributed by atoms with Crippen molar-refractivity contribution in [2.24, 2.45) is 0 Å². The van der Waals surface area contributed by atoms with Crippen molar-refractivity contribution >= 4 is 21.6 Å². The Hall–Kier alpha value is -0.660. The fourth-order valence-electron chi connectivity index (χ4n) is 4.41. The van der Waals surface area contributed by atoms with Gasteiger partial charge >= 0.3 is 0 Å². The van der Waals surface area contributed by atoms with Crippen LogP contribution >= 0.6 is 11.6 Å². The second kappa shape index (κ2) is 14.6. The lowest BCUT2D eigenvalue weighted by Crippen LogP contribution is -2.40. The number of nitrogens with zero attached hydrogens (tertiary/aromatic N) is 2. The van der Waals surface area contributed by atoms with Crippen LogP contribution in [0.5, 0.6) is 0 Å². The van der Waals surface area contributed by atoms with Crippen molar-refractivity contribution in [1.29, 1.82) is 0 Å². The molecule has 1 saturated carbocycles. The first kappa shape index (κ1) is 27.6. The van der Waals surface area contributed by atoms with Gasteiger partial charge in [-0.2, -0.15) is 4.31 Å². The number of unbranched alkanes of at least 4 members (excludes halogenated alkanes) is 5. The lowest BCUT2D eigenvalue weighted by Gasteiger charge is -2.34. The molecule has 0 unspecified atom stereocenters. The summed E-state index contributed by atoms with van der Waals surface area (Å²) < 4.78 is 33.5. The fourth-order valence-corrected chi connectivity index (χ4v) is 6.32. The van der Waals surface area contributed by atoms with Gasteiger partial charge in [-0.25, -0.2) is 8.42 Å². The SMILES string of the molecule is CCCCCN(C)CCCCCCOC1CCC(N(C)S(=O)(=O)c2ccccc2Cl)CC1. The Bertz CT molecular complexity index is 751. The van der Waals surface area contributed by atoms with Crippen LogP contribution < -0.4 is 0 Å². The predicted molar refractivity (Wildman–Crippen MR) is 134 cm³/mol. The predicted octanol–water partition coefficient (Wildman–Crippen LogP) is 5.97. The molecular weight excluding hydrogens is 444 g/mol. The lowest BCUT2D eigenvalue weighted by atomic mass is 9.93. The van der Waals surface area contributed by atoms with E-state index in [2.05, 4.69) is 18.9 Å². The van der Waals surface area contributed by atoms with E-state index in [0.717, 1.165) is 38.7 Å². The zero-order chi connectivity index (χ0) is 23.4. The summed E-state index contributed by atoms with van der Waals surface area (Å²) in [5.41, 5.74) is 0. The molecule has 184 valence electrons. The first-order valence-electron chi connectivity index (χ1n) is 12.4. The summed E-state index contributed by atoms with van der Waals surface area (Å²) in [6, 6.07) is 6.66. The van der Waals surface area contributed by atoms with Crippen LogP contribution in [0.1, 0.15) is 77.6 Å². The molecule has 0 heterocycles. The van der Waals surface area contributed by atoms with Gasteiger partial charge in [0.05, 0.1) is 11.1 Å². The number of sulfonamides is 1. The number of hydrogen-bond acceptors (Lipinski definition) is 4. The van der Waals surface area contributed by atoms with Gasteiger partial charge in [-0.3, -0.25) is 0 Å². The average Bonchev–Trinajstić information content (AvgIpc) is 2.78. The number of hydrogen-bond donors (Lipinski definition) is 0. The average molecular weight is 487 g/mol. The molecule has 0 atom stereocenters. The van der Waals surface area contributed by atoms with E-state index in [1.54, 1.807) is 31.3 Å². The van der Waals surface area contributed by atoms with E-state index in [9.17, 15) is 8.42 Å². The second-order valence-electron chi connectivity index (χ2n) is 9.18. The van der Waals surface area contributed by atoms with E-state index >= 15 is 0 Å². The molecule has 7 heteroatoms. The largest absolute Gasteiger partial charge is 0.378 e. The first-order valence-corrected chi connectivity index (χ1v) is 14.2. The molecule has 0 amide bonds. The van der Waals surface area contributed by atoms with Gasteiger partial charge in [-0.1, -0.05) is 56.3 Å². The smallest absolute Gasteiger partial charge is 0.244 e. The summed E-state index contributed by atoms with van der Waals surface area (Å²) in [7, 11) is 0.328. The highest BCUT2D eigenvalue weighted by Crippen LogP contribution is 2.30. The number of rotatable bonds is 15. The Balaban J connectivity index is 1.59. The van der Waals surface area contributed by atoms with E-state index in [4.69, 9.17) is 16.3 Å². The standard InChI is InChI=1S/C25H43ClN2O3S/c1-4-5-10-19-27(2)20-11-6-7-12-21-31-23-17-15-22(16-18-23)28(3)32(29,30)25-14-9-8-13-24(25)26/h8-9,13-14,22-23H,4-7,10-12,15-21H2,1-3H3. The molecule has 1 aliphatic rings. The molecule has 0 bridgehead atoms. The molecule has 1 aromatic carbocycles. The lowest BCUT2D eigenvalue weighted by molar-refractivity contribution is 0.0156. The summed E-state index contributed by atoms with van der Waals surface area (Å²) >= 11 is 6.13. The van der Waals surface area contributed by atoms with Crippen molar-refractivity contribution in [3.8, 4) is 0 Å². The van der Waals surface area contributed by atoms with Crippen LogP contribution in [0.2, 0.25) is 5.02 Å². The minimum Gasteiger partial charge on any atom is -0.378 e. The van der Waals surface area contributed by atoms with Gasteiger partial charge in [0.25, 0.3) is 0 Å². The van der Waals surface area contributed by atoms with Gasteiger partial charge in [-0.05, 0) is 77.2 Å². The maximum absolute atomic E-state index is 12.9. The van der Waals surface area contributed by atoms with Crippen LogP contribution in [0.4, 0.5) is 0 Å². The molecule has 0 saturated heterocycles. The molecule has 0 radical (unpaired) electrons. The van der Waals surface area contributed by atoms with Crippen molar-refractivity contribution in [3.05, 3.63) is 29.3 Å². The van der Waals surface area contributed by atoms with Crippen LogP contribution in [0, 0.1) is 0 Å². The monoisotopic (exact) mass is 486 g/mol. The summed E-state index contributed by atoms with van der Waals surface area (Å²) in [5, 5.41) is 0.277. The third-order valence-electron chi connectivity index (χ3n) is 6.58. The highest BCUT2D eigenvalue weighted by Gasteiger charge is 2.32. The molecule has 0 N–H and O–H groups in total. The number of halogens is 1. The molecule has 32 heavy (non-hydrogen) atoms. The molecule has 0 aromatic heterocycles. The van der Waals surface area contributed by atoms with Crippen molar-refractivity contribution in [2.45, 2.75) is 94.6 Å². The Kier molecular flexibility index (Phi) is 12.6. The number of benzene rings is 1. The van der Waals surface area contributed by atoms with Crippen LogP contribution in [0.25, 0.3) is 0 Å². The molecule has 1 fully saturated rings. The summed E-state index contributed by atoms with van der Waals surface area (Å²) in [5.74, 6) is 0. The third-order valence-corrected chi connectivity index (χ3v) is 8.99. The topological polar surface area (TPSA) is 49.9 Å². The first-order chi connectivity index (χ1) is 15.4. The highest BCUT2D eigenvalue weighted by atomic mass is 35.5. The van der Waals surface area contributed by atoms with Crippen LogP contribution in [-0.4, -0.2) is 63.6 Å². The van der Waals surface area contributed by atoms with Crippen molar-refractivity contribution < 1.29 is 13.2 Å². The molecule has 5 nitrogen and oxygen atoms in total. The van der Waals surface area contributed by atoms with Crippen molar-refractivity contribution in [2.75, 3.05) is 33.8 Å². The molecule has 1 aliphatic carbocycles. The van der Waals surface area contributed by atoms with Crippen LogP contribution in [-0.2, 0) is 14.8 Å². The summed E-state index contributed by atoms with van der Waals surface area (Å²) in [6.45, 7) is 5.47. The van der Waals surface area contributed by atoms with E-state index < -0.39 is 10.0 Å². The maximum atomic E-state index is 12.9. The quantitative estimate of drug-likeness (QED) is 0.286. The van der Waals surface area contributed by atoms with Gasteiger partial charge < -0.3 is 9.64 Å². The van der Waals surface area contributed by atoms with E-state index in [1.807, 2.05) is 0 Å². The van der Waals surface area contributed by atoms with Crippen LogP contribution in [0.3, 0.4) is 0 Å². The Labute approximate surface area is 201 Å². The highest BCUT2D eigenvalue weighted by molar-refractivity contribution is 7.89. The second-order valence-corrected chi connectivity index (χ2v) is 11.6. The fraction of sp³-hybridized carbons (Fsp3) is 0.760. The Morgan fingerprint density at radius 1 is 0.938 bits per heavy atom.